The van der Waals surface area contributed by atoms with Crippen molar-refractivity contribution < 1.29 is 23.4 Å². The van der Waals surface area contributed by atoms with Crippen molar-refractivity contribution in [2.45, 2.75) is 64.8 Å². The van der Waals surface area contributed by atoms with E-state index in [4.69, 9.17) is 4.98 Å². The monoisotopic (exact) mass is 519 g/mol. The number of halogens is 4. The second-order valence-electron chi connectivity index (χ2n) is 8.82. The molecule has 0 bridgehead atoms. The second-order valence-corrected chi connectivity index (χ2v) is 9.90. The van der Waals surface area contributed by atoms with Crippen molar-refractivity contribution in [3.05, 3.63) is 61.5 Å². The summed E-state index contributed by atoms with van der Waals surface area (Å²) in [5.41, 5.74) is 2.38. The molecule has 2 N–H and O–H groups in total. The van der Waals surface area contributed by atoms with Crippen LogP contribution in [0.15, 0.2) is 24.3 Å². The molecule has 1 aliphatic carbocycles. The highest BCUT2D eigenvalue weighted by Crippen LogP contribution is 2.45. The highest BCUT2D eigenvalue weighted by molar-refractivity contribution is 14.1. The van der Waals surface area contributed by atoms with E-state index in [2.05, 4.69) is 36.4 Å². The zero-order valence-electron chi connectivity index (χ0n) is 16.8. The Hall–Kier alpha value is -1.19. The van der Waals surface area contributed by atoms with Crippen LogP contribution in [0, 0.1) is 8.99 Å². The molecule has 2 aromatic rings. The lowest BCUT2D eigenvalue weighted by Crippen LogP contribution is -2.29. The molecule has 7 heteroatoms. The van der Waals surface area contributed by atoms with E-state index in [0.29, 0.717) is 23.2 Å². The third kappa shape index (κ3) is 4.46. The molecule has 0 radical (unpaired) electrons. The first-order chi connectivity index (χ1) is 13.3. The number of hydrogen-bond acceptors (Lipinski definition) is 3. The van der Waals surface area contributed by atoms with E-state index >= 15 is 0 Å². The van der Waals surface area contributed by atoms with Gasteiger partial charge in [-0.15, -0.1) is 0 Å². The number of benzene rings is 1. The third-order valence-electron chi connectivity index (χ3n) is 5.41. The lowest BCUT2D eigenvalue weighted by atomic mass is 9.74. The van der Waals surface area contributed by atoms with Crippen LogP contribution in [0.3, 0.4) is 0 Å². The summed E-state index contributed by atoms with van der Waals surface area (Å²) in [6.07, 6.45) is -4.92. The van der Waals surface area contributed by atoms with Crippen LogP contribution >= 0.6 is 22.6 Å². The van der Waals surface area contributed by atoms with Crippen LogP contribution < -0.4 is 0 Å². The maximum atomic E-state index is 12.9. The van der Waals surface area contributed by atoms with Crippen molar-refractivity contribution in [2.24, 2.45) is 5.41 Å². The van der Waals surface area contributed by atoms with Gasteiger partial charge in [-0.05, 0) is 64.5 Å². The molecule has 0 amide bonds. The summed E-state index contributed by atoms with van der Waals surface area (Å²) in [4.78, 5) is 4.82. The average Bonchev–Trinajstić information content (AvgIpc) is 2.58. The van der Waals surface area contributed by atoms with Gasteiger partial charge in [-0.1, -0.05) is 39.8 Å². The summed E-state index contributed by atoms with van der Waals surface area (Å²) < 4.78 is 39.4. The number of aliphatic hydroxyl groups excluding tert-OH is 2. The maximum absolute atomic E-state index is 12.9. The second kappa shape index (κ2) is 7.81. The van der Waals surface area contributed by atoms with E-state index < -0.39 is 23.9 Å². The Bertz CT molecular complexity index is 908. The predicted octanol–water partition coefficient (Wildman–Crippen LogP) is 5.92. The van der Waals surface area contributed by atoms with Crippen molar-refractivity contribution in [1.29, 1.82) is 0 Å². The van der Waals surface area contributed by atoms with Gasteiger partial charge in [0.15, 0.2) is 0 Å². The minimum atomic E-state index is -4.43. The molecule has 1 heterocycles. The molecule has 0 spiro atoms. The topological polar surface area (TPSA) is 53.4 Å². The van der Waals surface area contributed by atoms with Crippen LogP contribution in [0.25, 0.3) is 0 Å². The molecule has 0 saturated carbocycles. The fourth-order valence-electron chi connectivity index (χ4n) is 4.00. The molecule has 1 aromatic heterocycles. The van der Waals surface area contributed by atoms with Gasteiger partial charge in [0.2, 0.25) is 0 Å². The van der Waals surface area contributed by atoms with Crippen LogP contribution in [-0.4, -0.2) is 15.2 Å². The number of fused-ring (bicyclic) bond motifs is 1. The van der Waals surface area contributed by atoms with Gasteiger partial charge in [-0.2, -0.15) is 13.2 Å². The maximum Gasteiger partial charge on any atom is 0.416 e. The van der Waals surface area contributed by atoms with Gasteiger partial charge in [-0.25, -0.2) is 0 Å². The summed E-state index contributed by atoms with van der Waals surface area (Å²) in [5.74, 6) is 0.00935. The number of aliphatic hydroxyl groups is 2. The minimum Gasteiger partial charge on any atom is -0.388 e. The van der Waals surface area contributed by atoms with Crippen molar-refractivity contribution in [3.8, 4) is 0 Å². The largest absolute Gasteiger partial charge is 0.416 e. The molecule has 2 atom stereocenters. The van der Waals surface area contributed by atoms with Gasteiger partial charge in [0.1, 0.15) is 6.10 Å². The van der Waals surface area contributed by atoms with Gasteiger partial charge in [-0.3, -0.25) is 4.98 Å². The van der Waals surface area contributed by atoms with Gasteiger partial charge < -0.3 is 10.2 Å². The molecule has 1 aliphatic rings. The van der Waals surface area contributed by atoms with Crippen molar-refractivity contribution >= 4 is 22.6 Å². The Morgan fingerprint density at radius 3 is 2.28 bits per heavy atom. The standard InChI is InChI=1S/C22H25F3INO2/c1-11(2)19-17(20(29)12-5-7-13(8-6-12)22(23,24)25)18(26)16-14(27-19)9-21(3,4)10-15(16)28/h5-8,11,15,20,28-29H,9-10H2,1-4H3/t15?,20-/m1/s1. The summed E-state index contributed by atoms with van der Waals surface area (Å²) in [6.45, 7) is 8.12. The highest BCUT2D eigenvalue weighted by atomic mass is 127. The average molecular weight is 519 g/mol. The summed E-state index contributed by atoms with van der Waals surface area (Å²) in [5, 5.41) is 21.8. The minimum absolute atomic E-state index is 0.00935. The Labute approximate surface area is 182 Å². The number of hydrogen-bond donors (Lipinski definition) is 2. The first-order valence-corrected chi connectivity index (χ1v) is 10.6. The van der Waals surface area contributed by atoms with Crippen LogP contribution in [0.2, 0.25) is 0 Å². The fourth-order valence-corrected chi connectivity index (χ4v) is 5.24. The van der Waals surface area contributed by atoms with Gasteiger partial charge in [0.25, 0.3) is 0 Å². The zero-order valence-corrected chi connectivity index (χ0v) is 19.0. The SMILES string of the molecule is CC(C)c1nc2c(c(I)c1[C@H](O)c1ccc(C(F)(F)F)cc1)C(O)CC(C)(C)C2. The number of rotatable bonds is 3. The number of alkyl halides is 3. The molecule has 158 valence electrons. The normalized spacial score (nSPS) is 19.9. The van der Waals surface area contributed by atoms with E-state index in [1.807, 2.05) is 13.8 Å². The van der Waals surface area contributed by atoms with Crippen molar-refractivity contribution in [2.75, 3.05) is 0 Å². The Morgan fingerprint density at radius 1 is 1.17 bits per heavy atom. The lowest BCUT2D eigenvalue weighted by Gasteiger charge is -2.36. The molecule has 0 fully saturated rings. The van der Waals surface area contributed by atoms with Crippen LogP contribution in [-0.2, 0) is 12.6 Å². The van der Waals surface area contributed by atoms with Crippen molar-refractivity contribution in [3.63, 3.8) is 0 Å². The van der Waals surface area contributed by atoms with Gasteiger partial charge in [0.05, 0.1) is 17.4 Å². The Kier molecular flexibility index (Phi) is 6.06. The first-order valence-electron chi connectivity index (χ1n) is 9.57. The molecule has 3 rings (SSSR count). The molecule has 3 nitrogen and oxygen atoms in total. The molecule has 29 heavy (non-hydrogen) atoms. The summed E-state index contributed by atoms with van der Waals surface area (Å²) in [6, 6.07) is 4.55. The van der Waals surface area contributed by atoms with Crippen molar-refractivity contribution in [1.82, 2.24) is 4.98 Å². The number of nitrogens with zero attached hydrogens (tertiary/aromatic N) is 1. The summed E-state index contributed by atoms with van der Waals surface area (Å²) in [7, 11) is 0. The molecule has 0 saturated heterocycles. The van der Waals surface area contributed by atoms with Crippen LogP contribution in [0.4, 0.5) is 13.2 Å². The first kappa shape index (κ1) is 22.5. The molecule has 1 unspecified atom stereocenters. The van der Waals surface area contributed by atoms with E-state index in [1.54, 1.807) is 0 Å². The number of pyridine rings is 1. The smallest absolute Gasteiger partial charge is 0.388 e. The molecule has 0 aliphatic heterocycles. The molecular formula is C22H25F3INO2. The predicted molar refractivity (Wildman–Crippen MR) is 114 cm³/mol. The Morgan fingerprint density at radius 2 is 1.76 bits per heavy atom. The van der Waals surface area contributed by atoms with E-state index in [9.17, 15) is 23.4 Å². The lowest BCUT2D eigenvalue weighted by molar-refractivity contribution is -0.137. The Balaban J connectivity index is 2.12. The highest BCUT2D eigenvalue weighted by Gasteiger charge is 2.37. The summed E-state index contributed by atoms with van der Waals surface area (Å²) >= 11 is 2.13. The number of aromatic nitrogens is 1. The third-order valence-corrected chi connectivity index (χ3v) is 6.58. The molecular weight excluding hydrogens is 494 g/mol. The quantitative estimate of drug-likeness (QED) is 0.496. The van der Waals surface area contributed by atoms with Crippen LogP contribution in [0.1, 0.15) is 85.9 Å². The van der Waals surface area contributed by atoms with Gasteiger partial charge in [0, 0.05) is 20.4 Å². The van der Waals surface area contributed by atoms with Crippen LogP contribution in [0.5, 0.6) is 0 Å². The molecule has 1 aromatic carbocycles. The fraction of sp³-hybridized carbons (Fsp3) is 0.500. The van der Waals surface area contributed by atoms with E-state index in [0.717, 1.165) is 33.4 Å². The van der Waals surface area contributed by atoms with Gasteiger partial charge >= 0.3 is 6.18 Å². The van der Waals surface area contributed by atoms with E-state index in [-0.39, 0.29) is 11.3 Å². The van der Waals surface area contributed by atoms with E-state index in [1.165, 1.54) is 12.1 Å². The zero-order chi connectivity index (χ0) is 21.7.